The Bertz CT molecular complexity index is 446. The minimum Gasteiger partial charge on any atom is -0.462 e. The first-order chi connectivity index (χ1) is 8.65. The Morgan fingerprint density at radius 3 is 2.33 bits per heavy atom. The molecule has 0 spiro atoms. The van der Waals surface area contributed by atoms with Crippen LogP contribution in [0.3, 0.4) is 0 Å². The minimum absolute atomic E-state index is 0.0836. The molecule has 0 atom stereocenters. The number of hydrazine groups is 1. The van der Waals surface area contributed by atoms with E-state index in [-0.39, 0.29) is 24.3 Å². The molecule has 18 heavy (non-hydrogen) atoms. The van der Waals surface area contributed by atoms with Crippen LogP contribution in [0.25, 0.3) is 0 Å². The predicted octanol–water partition coefficient (Wildman–Crippen LogP) is 1.33. The number of hydrogen-bond donors (Lipinski definition) is 2. The summed E-state index contributed by atoms with van der Waals surface area (Å²) < 4.78 is 9.78. The first-order valence-electron chi connectivity index (χ1n) is 5.59. The molecule has 98 valence electrons. The Labute approximate surface area is 105 Å². The summed E-state index contributed by atoms with van der Waals surface area (Å²) >= 11 is 0. The van der Waals surface area contributed by atoms with Gasteiger partial charge in [0.1, 0.15) is 0 Å². The molecule has 0 amide bonds. The lowest BCUT2D eigenvalue weighted by molar-refractivity contribution is 0.0479. The van der Waals surface area contributed by atoms with Gasteiger partial charge in [0.25, 0.3) is 0 Å². The molecule has 0 unspecified atom stereocenters. The van der Waals surface area contributed by atoms with Gasteiger partial charge in [-0.15, -0.1) is 0 Å². The van der Waals surface area contributed by atoms with E-state index in [2.05, 4.69) is 5.43 Å². The van der Waals surface area contributed by atoms with Gasteiger partial charge in [-0.1, -0.05) is 6.07 Å². The molecule has 0 aliphatic rings. The molecule has 0 heterocycles. The smallest absolute Gasteiger partial charge is 0.341 e. The Morgan fingerprint density at radius 2 is 1.78 bits per heavy atom. The van der Waals surface area contributed by atoms with Crippen LogP contribution in [0.4, 0.5) is 5.69 Å². The summed E-state index contributed by atoms with van der Waals surface area (Å²) in [6.45, 7) is 3.80. The Kier molecular flexibility index (Phi) is 5.13. The molecule has 0 radical (unpaired) electrons. The van der Waals surface area contributed by atoms with Crippen LogP contribution < -0.4 is 11.3 Å². The van der Waals surface area contributed by atoms with Gasteiger partial charge < -0.3 is 14.9 Å². The second kappa shape index (κ2) is 6.61. The third-order valence-electron chi connectivity index (χ3n) is 2.19. The lowest BCUT2D eigenvalue weighted by Crippen LogP contribution is -2.19. The van der Waals surface area contributed by atoms with Crippen molar-refractivity contribution < 1.29 is 19.1 Å². The molecule has 0 fully saturated rings. The Balaban J connectivity index is 3.24. The van der Waals surface area contributed by atoms with Crippen molar-refractivity contribution in [3.8, 4) is 0 Å². The number of carbonyl (C=O) groups excluding carboxylic acids is 2. The number of nitrogens with two attached hydrogens (primary N) is 1. The molecular formula is C12H16N2O4. The van der Waals surface area contributed by atoms with Crippen molar-refractivity contribution in [3.63, 3.8) is 0 Å². The highest BCUT2D eigenvalue weighted by Crippen LogP contribution is 2.21. The summed E-state index contributed by atoms with van der Waals surface area (Å²) in [4.78, 5) is 23.6. The molecule has 6 nitrogen and oxygen atoms in total. The predicted molar refractivity (Wildman–Crippen MR) is 66.2 cm³/mol. The maximum atomic E-state index is 11.8. The summed E-state index contributed by atoms with van der Waals surface area (Å²) in [6.07, 6.45) is 0. The van der Waals surface area contributed by atoms with Crippen molar-refractivity contribution in [2.45, 2.75) is 13.8 Å². The van der Waals surface area contributed by atoms with Crippen LogP contribution in [-0.2, 0) is 9.47 Å². The molecule has 0 aliphatic heterocycles. The normalized spacial score (nSPS) is 9.72. The molecule has 1 aromatic rings. The summed E-state index contributed by atoms with van der Waals surface area (Å²) in [5, 5.41) is 0. The van der Waals surface area contributed by atoms with Gasteiger partial charge in [-0.05, 0) is 26.0 Å². The van der Waals surface area contributed by atoms with Crippen LogP contribution in [0.15, 0.2) is 18.2 Å². The van der Waals surface area contributed by atoms with E-state index in [1.165, 1.54) is 6.07 Å². The second-order valence-electron chi connectivity index (χ2n) is 3.31. The van der Waals surface area contributed by atoms with Gasteiger partial charge >= 0.3 is 11.9 Å². The standard InChI is InChI=1S/C12H16N2O4/c1-3-17-11(15)8-6-5-7-9(14-13)10(8)12(16)18-4-2/h5-7,14H,3-4,13H2,1-2H3. The number of ether oxygens (including phenoxy) is 2. The number of nitrogen functional groups attached to an aromatic ring is 1. The molecule has 3 N–H and O–H groups in total. The zero-order valence-corrected chi connectivity index (χ0v) is 10.4. The second-order valence-corrected chi connectivity index (χ2v) is 3.31. The number of carbonyl (C=O) groups is 2. The molecule has 1 rings (SSSR count). The third kappa shape index (κ3) is 2.98. The molecule has 6 heteroatoms. The molecule has 1 aromatic carbocycles. The first kappa shape index (κ1) is 14.0. The largest absolute Gasteiger partial charge is 0.462 e. The molecule has 0 aromatic heterocycles. The third-order valence-corrected chi connectivity index (χ3v) is 2.19. The average Bonchev–Trinajstić information content (AvgIpc) is 2.38. The van der Waals surface area contributed by atoms with Gasteiger partial charge in [0.05, 0.1) is 30.0 Å². The van der Waals surface area contributed by atoms with Crippen LogP contribution in [0, 0.1) is 0 Å². The maximum Gasteiger partial charge on any atom is 0.341 e. The summed E-state index contributed by atoms with van der Waals surface area (Å²) in [5.74, 6) is 4.12. The van der Waals surface area contributed by atoms with Crippen LogP contribution in [-0.4, -0.2) is 25.2 Å². The van der Waals surface area contributed by atoms with Crippen LogP contribution in [0.1, 0.15) is 34.6 Å². The Hall–Kier alpha value is -2.08. The van der Waals surface area contributed by atoms with Crippen LogP contribution in [0.2, 0.25) is 0 Å². The summed E-state index contributed by atoms with van der Waals surface area (Å²) in [6, 6.07) is 4.67. The van der Waals surface area contributed by atoms with Crippen molar-refractivity contribution in [2.24, 2.45) is 5.84 Å². The monoisotopic (exact) mass is 252 g/mol. The van der Waals surface area contributed by atoms with Gasteiger partial charge in [-0.25, -0.2) is 9.59 Å². The topological polar surface area (TPSA) is 90.6 Å². The van der Waals surface area contributed by atoms with Gasteiger partial charge in [0.2, 0.25) is 0 Å². The van der Waals surface area contributed by atoms with E-state index in [0.29, 0.717) is 5.69 Å². The minimum atomic E-state index is -0.617. The van der Waals surface area contributed by atoms with Crippen molar-refractivity contribution in [3.05, 3.63) is 29.3 Å². The molecular weight excluding hydrogens is 236 g/mol. The van der Waals surface area contributed by atoms with Crippen molar-refractivity contribution in [1.29, 1.82) is 0 Å². The van der Waals surface area contributed by atoms with E-state index in [9.17, 15) is 9.59 Å². The number of esters is 2. The number of benzene rings is 1. The van der Waals surface area contributed by atoms with E-state index in [4.69, 9.17) is 15.3 Å². The lowest BCUT2D eigenvalue weighted by atomic mass is 10.1. The van der Waals surface area contributed by atoms with E-state index in [0.717, 1.165) is 0 Å². The zero-order valence-electron chi connectivity index (χ0n) is 10.4. The SMILES string of the molecule is CCOC(=O)c1cccc(NN)c1C(=O)OCC. The van der Waals surface area contributed by atoms with E-state index in [1.54, 1.807) is 26.0 Å². The summed E-state index contributed by atoms with van der Waals surface area (Å²) in [7, 11) is 0. The highest BCUT2D eigenvalue weighted by molar-refractivity contribution is 6.07. The highest BCUT2D eigenvalue weighted by atomic mass is 16.5. The van der Waals surface area contributed by atoms with Crippen LogP contribution >= 0.6 is 0 Å². The zero-order chi connectivity index (χ0) is 13.5. The van der Waals surface area contributed by atoms with Crippen molar-refractivity contribution >= 4 is 17.6 Å². The fraction of sp³-hybridized carbons (Fsp3) is 0.333. The van der Waals surface area contributed by atoms with E-state index < -0.39 is 11.9 Å². The van der Waals surface area contributed by atoms with Crippen molar-refractivity contribution in [1.82, 2.24) is 0 Å². The van der Waals surface area contributed by atoms with Crippen molar-refractivity contribution in [2.75, 3.05) is 18.6 Å². The average molecular weight is 252 g/mol. The van der Waals surface area contributed by atoms with E-state index >= 15 is 0 Å². The first-order valence-corrected chi connectivity index (χ1v) is 5.59. The number of rotatable bonds is 5. The Morgan fingerprint density at radius 1 is 1.17 bits per heavy atom. The molecule has 0 saturated carbocycles. The van der Waals surface area contributed by atoms with Gasteiger partial charge in [0.15, 0.2) is 0 Å². The van der Waals surface area contributed by atoms with Crippen LogP contribution in [0.5, 0.6) is 0 Å². The fourth-order valence-corrected chi connectivity index (χ4v) is 1.47. The number of hydrogen-bond acceptors (Lipinski definition) is 6. The highest BCUT2D eigenvalue weighted by Gasteiger charge is 2.22. The van der Waals surface area contributed by atoms with Gasteiger partial charge in [-0.3, -0.25) is 5.84 Å². The lowest BCUT2D eigenvalue weighted by Gasteiger charge is -2.12. The van der Waals surface area contributed by atoms with E-state index in [1.807, 2.05) is 0 Å². The molecule has 0 bridgehead atoms. The summed E-state index contributed by atoms with van der Waals surface area (Å²) in [5.41, 5.74) is 2.90. The molecule has 0 saturated heterocycles. The maximum absolute atomic E-state index is 11.8. The quantitative estimate of drug-likeness (QED) is 0.466. The molecule has 0 aliphatic carbocycles. The fourth-order valence-electron chi connectivity index (χ4n) is 1.47. The van der Waals surface area contributed by atoms with Gasteiger partial charge in [-0.2, -0.15) is 0 Å². The number of anilines is 1. The number of nitrogens with one attached hydrogen (secondary N) is 1. The van der Waals surface area contributed by atoms with Gasteiger partial charge in [0, 0.05) is 0 Å².